The third-order valence-electron chi connectivity index (χ3n) is 9.22. The van der Waals surface area contributed by atoms with Crippen LogP contribution in [0.4, 0.5) is 5.69 Å². The van der Waals surface area contributed by atoms with Crippen LogP contribution in [0.15, 0.2) is 141 Å². The van der Waals surface area contributed by atoms with Gasteiger partial charge in [-0.2, -0.15) is 10.2 Å². The minimum absolute atomic E-state index is 0.0537. The third-order valence-corrected chi connectivity index (χ3v) is 11.4. The van der Waals surface area contributed by atoms with Crippen molar-refractivity contribution in [3.8, 4) is 11.5 Å². The van der Waals surface area contributed by atoms with Gasteiger partial charge >= 0.3 is 11.9 Å². The molecule has 0 aliphatic rings. The number of tetrazole rings is 2. The Bertz CT molecular complexity index is 2680. The van der Waals surface area contributed by atoms with Crippen molar-refractivity contribution in [2.45, 2.75) is 35.1 Å². The Labute approximate surface area is 419 Å². The third kappa shape index (κ3) is 19.5. The number of aliphatic hydroxyl groups excluding tert-OH is 1. The predicted molar refractivity (Wildman–Crippen MR) is 272 cm³/mol. The number of carbonyl (C=O) groups excluding carboxylic acids is 3. The van der Waals surface area contributed by atoms with Crippen LogP contribution in [-0.4, -0.2) is 129 Å². The number of amides is 1. The lowest BCUT2D eigenvalue weighted by atomic mass is 9.97. The number of aliphatic hydroxyl groups is 1. The zero-order valence-electron chi connectivity index (χ0n) is 40.3. The molecule has 0 radical (unpaired) electrons. The number of phenols is 1. The summed E-state index contributed by atoms with van der Waals surface area (Å²) in [6, 6.07) is 34.5. The second-order valence-corrected chi connectivity index (χ2v) is 16.4. The van der Waals surface area contributed by atoms with Gasteiger partial charge in [-0.25, -0.2) is 19.0 Å². The molecule has 19 nitrogen and oxygen atoms in total. The normalized spacial score (nSPS) is 10.1. The van der Waals surface area contributed by atoms with Crippen LogP contribution in [0, 0.1) is 6.92 Å². The Balaban J connectivity index is 0.000000243. The fourth-order valence-corrected chi connectivity index (χ4v) is 7.17. The Morgan fingerprint density at radius 3 is 1.91 bits per heavy atom. The Morgan fingerprint density at radius 1 is 0.729 bits per heavy atom. The maximum atomic E-state index is 12.0. The zero-order chi connectivity index (χ0) is 51.3. The number of methoxy groups -OCH3 is 3. The molecule has 0 aliphatic carbocycles. The molecule has 7 rings (SSSR count). The lowest BCUT2D eigenvalue weighted by Crippen LogP contribution is -2.26. The van der Waals surface area contributed by atoms with Gasteiger partial charge in [0.1, 0.15) is 11.5 Å². The molecule has 0 saturated heterocycles. The van der Waals surface area contributed by atoms with Gasteiger partial charge in [0.05, 0.1) is 51.3 Å². The Kier molecular flexibility index (Phi) is 26.0. The van der Waals surface area contributed by atoms with E-state index in [0.717, 1.165) is 38.6 Å². The van der Waals surface area contributed by atoms with Crippen molar-refractivity contribution in [1.82, 2.24) is 45.7 Å². The van der Waals surface area contributed by atoms with Crippen LogP contribution in [0.5, 0.6) is 11.5 Å². The van der Waals surface area contributed by atoms with Crippen molar-refractivity contribution >= 4 is 58.8 Å². The van der Waals surface area contributed by atoms with E-state index in [1.54, 1.807) is 114 Å². The van der Waals surface area contributed by atoms with Crippen LogP contribution in [0.1, 0.15) is 53.3 Å². The molecule has 2 heterocycles. The lowest BCUT2D eigenvalue weighted by molar-refractivity contribution is 0.0585. The van der Waals surface area contributed by atoms with Gasteiger partial charge in [0, 0.05) is 31.1 Å². The maximum Gasteiger partial charge on any atom is 0.338 e. The average Bonchev–Trinajstić information content (AvgIpc) is 4.05. The summed E-state index contributed by atoms with van der Waals surface area (Å²) >= 11 is 4.72. The summed E-state index contributed by atoms with van der Waals surface area (Å²) in [6.07, 6.45) is 6.44. The molecule has 0 spiro atoms. The van der Waals surface area contributed by atoms with E-state index < -0.39 is 11.9 Å². The molecule has 5 aromatic carbocycles. The van der Waals surface area contributed by atoms with Crippen LogP contribution in [0.2, 0.25) is 0 Å². The van der Waals surface area contributed by atoms with Gasteiger partial charge in [-0.1, -0.05) is 71.6 Å². The highest BCUT2D eigenvalue weighted by molar-refractivity contribution is 7.99. The summed E-state index contributed by atoms with van der Waals surface area (Å²) in [6.45, 7) is 3.02. The minimum atomic E-state index is -0.430. The first-order valence-electron chi connectivity index (χ1n) is 21.0. The van der Waals surface area contributed by atoms with Crippen molar-refractivity contribution in [2.75, 3.05) is 60.3 Å². The van der Waals surface area contributed by atoms with E-state index in [4.69, 9.17) is 24.4 Å². The molecule has 1 amide bonds. The molecular weight excluding hydrogens is 955 g/mol. The summed E-state index contributed by atoms with van der Waals surface area (Å²) in [5.41, 5.74) is 6.48. The largest absolute Gasteiger partial charge is 0.508 e. The fraction of sp³-hybridized carbons (Fsp3) is 0.271. The molecule has 7 aromatic rings. The summed E-state index contributed by atoms with van der Waals surface area (Å²) < 4.78 is 18.0. The fourth-order valence-electron chi connectivity index (χ4n) is 5.70. The van der Waals surface area contributed by atoms with Crippen molar-refractivity contribution < 1.29 is 38.8 Å². The average molecular weight is 1010 g/mol. The number of nitrogens with one attached hydrogen (secondary N) is 1. The second-order valence-electron chi connectivity index (χ2n) is 14.0. The predicted octanol–water partition coefficient (Wildman–Crippen LogP) is 7.78. The molecule has 0 atom stereocenters. The topological polar surface area (TPSA) is 243 Å². The summed E-state index contributed by atoms with van der Waals surface area (Å²) in [4.78, 5) is 36.2. The first kappa shape index (κ1) is 57.2. The van der Waals surface area contributed by atoms with Crippen LogP contribution >= 0.6 is 35.3 Å². The minimum Gasteiger partial charge on any atom is -0.508 e. The maximum absolute atomic E-state index is 12.0. The zero-order valence-corrected chi connectivity index (χ0v) is 42.8. The van der Waals surface area contributed by atoms with Crippen molar-refractivity contribution in [3.63, 3.8) is 0 Å². The smallest absolute Gasteiger partial charge is 0.338 e. The Hall–Kier alpha value is -7.14. The molecule has 370 valence electrons. The highest BCUT2D eigenvalue weighted by Gasteiger charge is 2.17. The number of thioether (sulfide) groups is 3. The first-order chi connectivity index (χ1) is 33.8. The van der Waals surface area contributed by atoms with Gasteiger partial charge in [-0.05, 0) is 142 Å². The molecule has 22 heteroatoms. The number of esters is 2. The quantitative estimate of drug-likeness (QED) is 0.0535. The summed E-state index contributed by atoms with van der Waals surface area (Å²) in [5.74, 6) is -0.0840. The Morgan fingerprint density at radius 2 is 1.36 bits per heavy atom. The number of benzene rings is 5. The van der Waals surface area contributed by atoms with E-state index in [1.165, 1.54) is 37.1 Å². The van der Waals surface area contributed by atoms with Gasteiger partial charge in [0.2, 0.25) is 10.3 Å². The number of aromatic hydroxyl groups is 1. The molecule has 0 unspecified atom stereocenters. The van der Waals surface area contributed by atoms with Crippen molar-refractivity contribution in [3.05, 3.63) is 154 Å². The van der Waals surface area contributed by atoms with Crippen LogP contribution < -0.4 is 10.1 Å². The van der Waals surface area contributed by atoms with Crippen LogP contribution in [-0.2, 0) is 29.5 Å². The van der Waals surface area contributed by atoms with E-state index in [0.29, 0.717) is 28.9 Å². The highest BCUT2D eigenvalue weighted by atomic mass is 32.2. The van der Waals surface area contributed by atoms with E-state index in [1.807, 2.05) is 50.1 Å². The number of hydrogen-bond acceptors (Lipinski definition) is 19. The molecule has 0 fully saturated rings. The lowest BCUT2D eigenvalue weighted by Gasteiger charge is -2.12. The molecule has 0 saturated carbocycles. The SMILES string of the molecule is CN=Nc1ccc(O)cc1.COC(=O)c1ccc(C(=O)OC)c(Cc2ccccc2SC)c1.COc1ccc(C(=O)NCCO)cc1.CSc1nnnn1C.CSc1nnnn1Cc1ccc(C)cc1. The number of hydrogen-bond donors (Lipinski definition) is 3. The van der Waals surface area contributed by atoms with Gasteiger partial charge in [-0.3, -0.25) is 4.79 Å². The summed E-state index contributed by atoms with van der Waals surface area (Å²) in [5, 5.41) is 51.2. The van der Waals surface area contributed by atoms with Crippen LogP contribution in [0.25, 0.3) is 0 Å². The number of rotatable bonds is 14. The van der Waals surface area contributed by atoms with Gasteiger partial charge in [0.25, 0.3) is 5.91 Å². The number of azo groups is 1. The number of aryl methyl sites for hydroxylation is 2. The standard InChI is InChI=1S/C18H18O4S.C10H12N4S.C10H13NO3.C7H8N2O.C3H6N4S/c1-21-17(19)13-8-9-15(18(20)22-2)14(11-13)10-12-6-4-5-7-16(12)23-3;1-8-3-5-9(6-4-8)7-14-10(15-2)11-12-13-14;1-14-9-4-2-8(3-5-9)10(13)11-6-7-12;1-8-9-6-2-4-7(10)5-3-6;1-7-3(8-2)4-5-6-7/h4-9,11H,10H2,1-3H3;3-6H,7H2,1-2H3;2-5,12H,6-7H2,1H3,(H,11,13);2-5,10H,1H3;1-2H3. The highest BCUT2D eigenvalue weighted by Crippen LogP contribution is 2.25. The number of aromatic nitrogens is 8. The van der Waals surface area contributed by atoms with E-state index >= 15 is 0 Å². The van der Waals surface area contributed by atoms with Crippen molar-refractivity contribution in [1.29, 1.82) is 0 Å². The molecule has 2 aromatic heterocycles. The molecular formula is C48H57N11O8S3. The summed E-state index contributed by atoms with van der Waals surface area (Å²) in [7, 11) is 7.66. The first-order valence-corrected chi connectivity index (χ1v) is 24.7. The monoisotopic (exact) mass is 1010 g/mol. The molecule has 3 N–H and O–H groups in total. The number of nitrogens with zero attached hydrogens (tertiary/aromatic N) is 10. The molecule has 0 bridgehead atoms. The number of ether oxygens (including phenoxy) is 3. The van der Waals surface area contributed by atoms with Crippen LogP contribution in [0.3, 0.4) is 0 Å². The van der Waals surface area contributed by atoms with E-state index in [9.17, 15) is 14.4 Å². The van der Waals surface area contributed by atoms with Gasteiger partial charge < -0.3 is 29.7 Å². The molecule has 0 aliphatic heterocycles. The van der Waals surface area contributed by atoms with E-state index in [2.05, 4.69) is 77.8 Å². The molecule has 70 heavy (non-hydrogen) atoms. The van der Waals surface area contributed by atoms with E-state index in [-0.39, 0.29) is 24.8 Å². The van der Waals surface area contributed by atoms with Crippen molar-refractivity contribution in [2.24, 2.45) is 17.3 Å². The van der Waals surface area contributed by atoms with Gasteiger partial charge in [-0.15, -0.1) is 22.0 Å². The second kappa shape index (κ2) is 31.8. The number of phenolic OH excluding ortho intramolecular Hbond substituents is 1. The van der Waals surface area contributed by atoms with Gasteiger partial charge in [0.15, 0.2) is 0 Å². The number of carbonyl (C=O) groups is 3.